The van der Waals surface area contributed by atoms with E-state index in [0.29, 0.717) is 6.61 Å². The Balaban J connectivity index is 2.04. The first-order valence-corrected chi connectivity index (χ1v) is 6.81. The van der Waals surface area contributed by atoms with Crippen molar-refractivity contribution >= 4 is 22.9 Å². The van der Waals surface area contributed by atoms with Crippen LogP contribution in [0, 0.1) is 0 Å². The topological polar surface area (TPSA) is 60.8 Å². The van der Waals surface area contributed by atoms with E-state index in [1.807, 2.05) is 30.3 Å². The van der Waals surface area contributed by atoms with Crippen molar-refractivity contribution in [2.45, 2.75) is 19.4 Å². The van der Waals surface area contributed by atoms with Crippen LogP contribution in [-0.2, 0) is 14.4 Å². The number of hydrogen-bond acceptors (Lipinski definition) is 4. The molecular formula is C15H16N2O4. The van der Waals surface area contributed by atoms with Crippen LogP contribution in [0.15, 0.2) is 30.3 Å². The van der Waals surface area contributed by atoms with E-state index in [1.165, 1.54) is 12.2 Å². The molecule has 1 amide bonds. The van der Waals surface area contributed by atoms with Crippen LogP contribution < -0.4 is 0 Å². The van der Waals surface area contributed by atoms with Crippen molar-refractivity contribution < 1.29 is 19.2 Å². The molecule has 2 aromatic rings. The van der Waals surface area contributed by atoms with Crippen molar-refractivity contribution in [3.8, 4) is 0 Å². The maximum Gasteiger partial charge on any atom is 0.353 e. The quantitative estimate of drug-likeness (QED) is 0.811. The lowest BCUT2D eigenvalue weighted by Crippen LogP contribution is -2.30. The molecule has 6 heteroatoms. The Morgan fingerprint density at radius 1 is 1.33 bits per heavy atom. The largest absolute Gasteiger partial charge is 0.466 e. The number of para-hydroxylation sites is 1. The first-order valence-electron chi connectivity index (χ1n) is 6.81. The molecule has 1 aliphatic rings. The number of carbonyl (C=O) groups is 2. The minimum Gasteiger partial charge on any atom is -0.466 e. The minimum absolute atomic E-state index is 0.0732. The molecule has 1 aromatic heterocycles. The number of fused-ring (bicyclic) bond motifs is 3. The molecule has 0 radical (unpaired) electrons. The molecule has 2 heterocycles. The Morgan fingerprint density at radius 3 is 2.81 bits per heavy atom. The molecule has 6 nitrogen and oxygen atoms in total. The van der Waals surface area contributed by atoms with Crippen LogP contribution in [0.2, 0.25) is 0 Å². The Morgan fingerprint density at radius 2 is 2.10 bits per heavy atom. The highest BCUT2D eigenvalue weighted by molar-refractivity contribution is 5.95. The summed E-state index contributed by atoms with van der Waals surface area (Å²) in [6.07, 6.45) is 0.0732. The van der Waals surface area contributed by atoms with Crippen LogP contribution in [0.5, 0.6) is 0 Å². The molecule has 110 valence electrons. The van der Waals surface area contributed by atoms with E-state index in [9.17, 15) is 9.59 Å². The third-order valence-corrected chi connectivity index (χ3v) is 3.61. The highest BCUT2D eigenvalue weighted by Gasteiger charge is 2.40. The van der Waals surface area contributed by atoms with Crippen LogP contribution in [0.25, 0.3) is 10.9 Å². The van der Waals surface area contributed by atoms with Gasteiger partial charge in [-0.2, -0.15) is 5.06 Å². The maximum atomic E-state index is 12.5. The van der Waals surface area contributed by atoms with Gasteiger partial charge in [-0.25, -0.2) is 4.79 Å². The zero-order valence-electron chi connectivity index (χ0n) is 11.9. The SMILES string of the molecule is CCOC(=O)CC1c2cc3ccccc3n2C(=O)N1OC. The summed E-state index contributed by atoms with van der Waals surface area (Å²) in [5, 5.41) is 2.18. The lowest BCUT2D eigenvalue weighted by Gasteiger charge is -2.20. The molecule has 1 aliphatic heterocycles. The van der Waals surface area contributed by atoms with Crippen molar-refractivity contribution in [3.05, 3.63) is 36.0 Å². The van der Waals surface area contributed by atoms with Crippen molar-refractivity contribution in [2.75, 3.05) is 13.7 Å². The number of rotatable bonds is 4. The van der Waals surface area contributed by atoms with Crippen molar-refractivity contribution in [1.82, 2.24) is 9.63 Å². The third kappa shape index (κ3) is 2.08. The summed E-state index contributed by atoms with van der Waals surface area (Å²) in [7, 11) is 1.42. The van der Waals surface area contributed by atoms with Crippen LogP contribution in [-0.4, -0.2) is 35.3 Å². The van der Waals surface area contributed by atoms with Crippen LogP contribution >= 0.6 is 0 Å². The fourth-order valence-corrected chi connectivity index (χ4v) is 2.76. The fraction of sp³-hybridized carbons (Fsp3) is 0.333. The van der Waals surface area contributed by atoms with Gasteiger partial charge in [0.25, 0.3) is 0 Å². The summed E-state index contributed by atoms with van der Waals surface area (Å²) in [5.41, 5.74) is 1.56. The van der Waals surface area contributed by atoms with Gasteiger partial charge in [-0.05, 0) is 19.1 Å². The number of esters is 1. The van der Waals surface area contributed by atoms with Gasteiger partial charge in [0.05, 0.1) is 31.3 Å². The predicted octanol–water partition coefficient (Wildman–Crippen LogP) is 2.48. The Labute approximate surface area is 121 Å². The highest BCUT2D eigenvalue weighted by atomic mass is 16.7. The minimum atomic E-state index is -0.464. The number of aromatic nitrogens is 1. The molecule has 21 heavy (non-hydrogen) atoms. The molecule has 1 atom stereocenters. The van der Waals surface area contributed by atoms with E-state index in [2.05, 4.69) is 0 Å². The maximum absolute atomic E-state index is 12.5. The number of nitrogens with zero attached hydrogens (tertiary/aromatic N) is 2. The van der Waals surface area contributed by atoms with Crippen molar-refractivity contribution in [2.24, 2.45) is 0 Å². The van der Waals surface area contributed by atoms with Crippen LogP contribution in [0.4, 0.5) is 4.79 Å². The number of hydroxylamine groups is 2. The van der Waals surface area contributed by atoms with E-state index < -0.39 is 6.04 Å². The second kappa shape index (κ2) is 5.21. The monoisotopic (exact) mass is 288 g/mol. The van der Waals surface area contributed by atoms with Gasteiger partial charge in [0.2, 0.25) is 0 Å². The second-order valence-corrected chi connectivity index (χ2v) is 4.78. The fourth-order valence-electron chi connectivity index (χ4n) is 2.76. The van der Waals surface area contributed by atoms with Gasteiger partial charge in [0.1, 0.15) is 6.04 Å². The summed E-state index contributed by atoms with van der Waals surface area (Å²) >= 11 is 0. The molecule has 0 fully saturated rings. The lowest BCUT2D eigenvalue weighted by atomic mass is 10.1. The van der Waals surface area contributed by atoms with E-state index >= 15 is 0 Å². The smallest absolute Gasteiger partial charge is 0.353 e. The van der Waals surface area contributed by atoms with Gasteiger partial charge in [0, 0.05) is 5.39 Å². The molecule has 1 aromatic carbocycles. The van der Waals surface area contributed by atoms with E-state index in [1.54, 1.807) is 11.5 Å². The van der Waals surface area contributed by atoms with Gasteiger partial charge in [-0.1, -0.05) is 18.2 Å². The summed E-state index contributed by atoms with van der Waals surface area (Å²) in [5.74, 6) is -0.351. The average molecular weight is 288 g/mol. The number of hydrogen-bond donors (Lipinski definition) is 0. The molecule has 0 N–H and O–H groups in total. The van der Waals surface area contributed by atoms with Crippen molar-refractivity contribution in [1.29, 1.82) is 0 Å². The molecule has 3 rings (SSSR count). The summed E-state index contributed by atoms with van der Waals surface area (Å²) in [6, 6.07) is 8.76. The average Bonchev–Trinajstić information content (AvgIpc) is 2.96. The van der Waals surface area contributed by atoms with E-state index in [0.717, 1.165) is 16.6 Å². The number of carbonyl (C=O) groups excluding carboxylic acids is 2. The van der Waals surface area contributed by atoms with Gasteiger partial charge in [0.15, 0.2) is 0 Å². The molecule has 0 saturated carbocycles. The predicted molar refractivity (Wildman–Crippen MR) is 75.6 cm³/mol. The zero-order valence-corrected chi connectivity index (χ0v) is 11.9. The molecule has 1 unspecified atom stereocenters. The summed E-state index contributed by atoms with van der Waals surface area (Å²) in [4.78, 5) is 29.4. The summed E-state index contributed by atoms with van der Waals surface area (Å²) in [6.45, 7) is 2.07. The van der Waals surface area contributed by atoms with Crippen molar-refractivity contribution in [3.63, 3.8) is 0 Å². The Hall–Kier alpha value is -2.34. The molecule has 0 spiro atoms. The van der Waals surface area contributed by atoms with Gasteiger partial charge in [-0.15, -0.1) is 0 Å². The normalized spacial score (nSPS) is 17.3. The highest BCUT2D eigenvalue weighted by Crippen LogP contribution is 2.36. The number of benzene rings is 1. The third-order valence-electron chi connectivity index (χ3n) is 3.61. The molecule has 0 aliphatic carbocycles. The standard InChI is InChI=1S/C15H16N2O4/c1-3-21-14(18)9-13-12-8-10-6-4-5-7-11(10)16(12)15(19)17(13)20-2/h4-8,13H,3,9H2,1-2H3. The van der Waals surface area contributed by atoms with Gasteiger partial charge in [-0.3, -0.25) is 14.2 Å². The Kier molecular flexibility index (Phi) is 3.39. The Bertz CT molecular complexity index is 707. The summed E-state index contributed by atoms with van der Waals surface area (Å²) < 4.78 is 6.57. The van der Waals surface area contributed by atoms with Crippen LogP contribution in [0.1, 0.15) is 25.1 Å². The number of ether oxygens (including phenoxy) is 1. The van der Waals surface area contributed by atoms with E-state index in [4.69, 9.17) is 9.57 Å². The lowest BCUT2D eigenvalue weighted by molar-refractivity contribution is -0.151. The number of amides is 1. The zero-order chi connectivity index (χ0) is 15.0. The first kappa shape index (κ1) is 13.6. The molecular weight excluding hydrogens is 272 g/mol. The molecule has 0 bridgehead atoms. The van der Waals surface area contributed by atoms with E-state index in [-0.39, 0.29) is 18.4 Å². The van der Waals surface area contributed by atoms with Crippen LogP contribution in [0.3, 0.4) is 0 Å². The van der Waals surface area contributed by atoms with Gasteiger partial charge < -0.3 is 4.74 Å². The second-order valence-electron chi connectivity index (χ2n) is 4.78. The first-order chi connectivity index (χ1) is 10.2. The molecule has 0 saturated heterocycles. The van der Waals surface area contributed by atoms with Gasteiger partial charge >= 0.3 is 12.0 Å².